The van der Waals surface area contributed by atoms with Crippen molar-refractivity contribution in [3.05, 3.63) is 29.9 Å². The van der Waals surface area contributed by atoms with Crippen LogP contribution in [0.15, 0.2) is 12.7 Å². The number of piperidine rings is 1. The van der Waals surface area contributed by atoms with Crippen LogP contribution in [0.2, 0.25) is 0 Å². The van der Waals surface area contributed by atoms with E-state index < -0.39 is 5.60 Å². The Morgan fingerprint density at radius 2 is 2.00 bits per heavy atom. The molecule has 3 heterocycles. The van der Waals surface area contributed by atoms with Gasteiger partial charge >= 0.3 is 6.09 Å². The number of amides is 1. The van der Waals surface area contributed by atoms with Crippen LogP contribution in [-0.4, -0.2) is 57.2 Å². The van der Waals surface area contributed by atoms with Crippen LogP contribution in [0.25, 0.3) is 0 Å². The Balaban J connectivity index is 1.65. The molecule has 0 saturated carbocycles. The Morgan fingerprint density at radius 3 is 2.62 bits per heavy atom. The van der Waals surface area contributed by atoms with E-state index in [2.05, 4.69) is 23.0 Å². The number of rotatable bonds is 3. The number of fused-ring (bicyclic) bond motifs is 1. The van der Waals surface area contributed by atoms with Crippen LogP contribution in [0.1, 0.15) is 56.9 Å². The van der Waals surface area contributed by atoms with E-state index in [0.29, 0.717) is 6.04 Å². The Hall–Kier alpha value is -1.82. The van der Waals surface area contributed by atoms with Gasteiger partial charge in [-0.05, 0) is 40.5 Å². The Morgan fingerprint density at radius 1 is 1.31 bits per heavy atom. The summed E-state index contributed by atoms with van der Waals surface area (Å²) in [6.45, 7) is 16.1. The second-order valence-corrected chi connectivity index (χ2v) is 8.39. The van der Waals surface area contributed by atoms with Gasteiger partial charge in [-0.2, -0.15) is 0 Å². The monoisotopic (exact) mass is 360 g/mol. The molecule has 2 aliphatic heterocycles. The number of nitrogens with zero attached hydrogens (tertiary/aromatic N) is 4. The molecule has 0 bridgehead atoms. The highest BCUT2D eigenvalue weighted by Crippen LogP contribution is 2.30. The van der Waals surface area contributed by atoms with Crippen LogP contribution >= 0.6 is 0 Å². The van der Waals surface area contributed by atoms with Crippen LogP contribution in [0.3, 0.4) is 0 Å². The van der Waals surface area contributed by atoms with E-state index in [1.54, 1.807) is 0 Å². The summed E-state index contributed by atoms with van der Waals surface area (Å²) in [7, 11) is 0. The molecule has 2 aliphatic rings. The van der Waals surface area contributed by atoms with Gasteiger partial charge in [0.2, 0.25) is 0 Å². The first-order valence-electron chi connectivity index (χ1n) is 9.66. The predicted octanol–water partition coefficient (Wildman–Crippen LogP) is 3.31. The van der Waals surface area contributed by atoms with E-state index in [0.717, 1.165) is 57.8 Å². The molecule has 144 valence electrons. The first-order valence-corrected chi connectivity index (χ1v) is 9.66. The molecule has 1 saturated heterocycles. The maximum atomic E-state index is 12.3. The van der Waals surface area contributed by atoms with Gasteiger partial charge in [-0.25, -0.2) is 9.78 Å². The minimum atomic E-state index is -0.439. The fourth-order valence-corrected chi connectivity index (χ4v) is 4.05. The van der Waals surface area contributed by atoms with Gasteiger partial charge in [0.25, 0.3) is 0 Å². The lowest BCUT2D eigenvalue weighted by Crippen LogP contribution is -2.42. The van der Waals surface area contributed by atoms with E-state index in [1.165, 1.54) is 11.4 Å². The minimum absolute atomic E-state index is 0.194. The first kappa shape index (κ1) is 19.0. The fraction of sp³-hybridized carbons (Fsp3) is 0.700. The number of hydrogen-bond donors (Lipinski definition) is 0. The summed E-state index contributed by atoms with van der Waals surface area (Å²) in [4.78, 5) is 21.3. The summed E-state index contributed by atoms with van der Waals surface area (Å²) in [5, 5.41) is 0. The van der Waals surface area contributed by atoms with Crippen LogP contribution in [0, 0.1) is 6.92 Å². The molecule has 6 heteroatoms. The number of aryl methyl sites for hydroxylation is 1. The fourth-order valence-electron chi connectivity index (χ4n) is 4.05. The van der Waals surface area contributed by atoms with Crippen molar-refractivity contribution in [2.24, 2.45) is 0 Å². The molecule has 0 spiro atoms. The second-order valence-electron chi connectivity index (χ2n) is 8.39. The van der Waals surface area contributed by atoms with Crippen LogP contribution in [-0.2, 0) is 17.7 Å². The maximum Gasteiger partial charge on any atom is 0.410 e. The van der Waals surface area contributed by atoms with E-state index >= 15 is 0 Å². The third-order valence-electron chi connectivity index (χ3n) is 5.18. The highest BCUT2D eigenvalue weighted by atomic mass is 16.6. The molecule has 3 rings (SSSR count). The number of aromatic nitrogens is 2. The normalized spacial score (nSPS) is 19.3. The molecule has 1 aromatic heterocycles. The van der Waals surface area contributed by atoms with Crippen molar-refractivity contribution in [1.82, 2.24) is 19.4 Å². The summed E-state index contributed by atoms with van der Waals surface area (Å²) >= 11 is 0. The SMILES string of the molecule is C=CCN1CCc2c(nc(C)n2C2CCN(C(=O)OC(C)(C)C)CC2)C1. The van der Waals surface area contributed by atoms with E-state index in [-0.39, 0.29) is 6.09 Å². The lowest BCUT2D eigenvalue weighted by molar-refractivity contribution is 0.0187. The molecule has 6 nitrogen and oxygen atoms in total. The van der Waals surface area contributed by atoms with Gasteiger partial charge in [-0.1, -0.05) is 6.08 Å². The third-order valence-corrected chi connectivity index (χ3v) is 5.18. The van der Waals surface area contributed by atoms with Gasteiger partial charge < -0.3 is 14.2 Å². The van der Waals surface area contributed by atoms with Gasteiger partial charge in [-0.3, -0.25) is 4.90 Å². The van der Waals surface area contributed by atoms with Gasteiger partial charge in [0.15, 0.2) is 0 Å². The number of imidazole rings is 1. The zero-order chi connectivity index (χ0) is 18.9. The van der Waals surface area contributed by atoms with Gasteiger partial charge in [-0.15, -0.1) is 6.58 Å². The summed E-state index contributed by atoms with van der Waals surface area (Å²) in [6.07, 6.45) is 4.72. The number of carbonyl (C=O) groups is 1. The van der Waals surface area contributed by atoms with Crippen molar-refractivity contribution in [2.75, 3.05) is 26.2 Å². The summed E-state index contributed by atoms with van der Waals surface area (Å²) in [5.74, 6) is 1.10. The van der Waals surface area contributed by atoms with Gasteiger partial charge in [0, 0.05) is 50.9 Å². The lowest BCUT2D eigenvalue weighted by Gasteiger charge is -2.35. The first-order chi connectivity index (χ1) is 12.3. The third kappa shape index (κ3) is 4.11. The number of carbonyl (C=O) groups excluding carboxylic acids is 1. The second kappa shape index (κ2) is 7.43. The predicted molar refractivity (Wildman–Crippen MR) is 102 cm³/mol. The average molecular weight is 361 g/mol. The largest absolute Gasteiger partial charge is 0.444 e. The van der Waals surface area contributed by atoms with E-state index in [9.17, 15) is 4.79 Å². The minimum Gasteiger partial charge on any atom is -0.444 e. The van der Waals surface area contributed by atoms with Crippen molar-refractivity contribution < 1.29 is 9.53 Å². The Kier molecular flexibility index (Phi) is 5.42. The smallest absolute Gasteiger partial charge is 0.410 e. The molecule has 26 heavy (non-hydrogen) atoms. The van der Waals surface area contributed by atoms with Gasteiger partial charge in [0.05, 0.1) is 5.69 Å². The van der Waals surface area contributed by atoms with E-state index in [4.69, 9.17) is 9.72 Å². The standard InChI is InChI=1S/C20H32N4O2/c1-6-10-22-11-9-18-17(14-22)21-15(2)24(18)16-7-12-23(13-8-16)19(25)26-20(3,4)5/h6,16H,1,7-14H2,2-5H3. The highest BCUT2D eigenvalue weighted by molar-refractivity contribution is 5.68. The van der Waals surface area contributed by atoms with Crippen molar-refractivity contribution in [3.63, 3.8) is 0 Å². The lowest BCUT2D eigenvalue weighted by atomic mass is 10.0. The molecule has 0 unspecified atom stereocenters. The quantitative estimate of drug-likeness (QED) is 0.776. The van der Waals surface area contributed by atoms with Crippen LogP contribution in [0.5, 0.6) is 0 Å². The van der Waals surface area contributed by atoms with E-state index in [1.807, 2.05) is 31.7 Å². The Labute approximate surface area is 156 Å². The number of hydrogen-bond acceptors (Lipinski definition) is 4. The summed E-state index contributed by atoms with van der Waals surface area (Å²) in [5.41, 5.74) is 2.16. The zero-order valence-corrected chi connectivity index (χ0v) is 16.6. The number of likely N-dealkylation sites (tertiary alicyclic amines) is 1. The molecule has 1 fully saturated rings. The van der Waals surface area contributed by atoms with Gasteiger partial charge in [0.1, 0.15) is 11.4 Å². The molecular formula is C20H32N4O2. The van der Waals surface area contributed by atoms with Crippen molar-refractivity contribution in [2.45, 2.75) is 65.1 Å². The maximum absolute atomic E-state index is 12.3. The highest BCUT2D eigenvalue weighted by Gasteiger charge is 2.31. The molecule has 0 N–H and O–H groups in total. The Bertz CT molecular complexity index is 666. The molecular weight excluding hydrogens is 328 g/mol. The van der Waals surface area contributed by atoms with Crippen LogP contribution in [0.4, 0.5) is 4.79 Å². The molecule has 1 aromatic rings. The average Bonchev–Trinajstić information content (AvgIpc) is 2.89. The summed E-state index contributed by atoms with van der Waals surface area (Å²) < 4.78 is 7.94. The van der Waals surface area contributed by atoms with Crippen molar-refractivity contribution >= 4 is 6.09 Å². The topological polar surface area (TPSA) is 50.6 Å². The molecule has 0 aliphatic carbocycles. The van der Waals surface area contributed by atoms with Crippen molar-refractivity contribution in [3.8, 4) is 0 Å². The molecule has 0 radical (unpaired) electrons. The molecule has 0 aromatic carbocycles. The van der Waals surface area contributed by atoms with Crippen LogP contribution < -0.4 is 0 Å². The zero-order valence-electron chi connectivity index (χ0n) is 16.6. The molecule has 0 atom stereocenters. The van der Waals surface area contributed by atoms with Crippen molar-refractivity contribution in [1.29, 1.82) is 0 Å². The summed E-state index contributed by atoms with van der Waals surface area (Å²) in [6, 6.07) is 0.427. The number of ether oxygens (including phenoxy) is 1. The molecule has 1 amide bonds.